The van der Waals surface area contributed by atoms with Crippen molar-refractivity contribution in [3.63, 3.8) is 0 Å². The van der Waals surface area contributed by atoms with Crippen LogP contribution in [0.1, 0.15) is 23.2 Å². The number of anilines is 1. The summed E-state index contributed by atoms with van der Waals surface area (Å²) in [4.78, 5) is 25.5. The van der Waals surface area contributed by atoms with Gasteiger partial charge in [0.25, 0.3) is 15.9 Å². The minimum absolute atomic E-state index is 0.0474. The average Bonchev–Trinajstić information content (AvgIpc) is 2.75. The molecule has 0 atom stereocenters. The van der Waals surface area contributed by atoms with Gasteiger partial charge in [-0.05, 0) is 55.3 Å². The largest absolute Gasteiger partial charge is 0.453 e. The lowest BCUT2D eigenvalue weighted by Crippen LogP contribution is -2.46. The molecule has 0 radical (unpaired) electrons. The maximum atomic E-state index is 12.6. The van der Waals surface area contributed by atoms with Crippen LogP contribution in [0.3, 0.4) is 0 Å². The van der Waals surface area contributed by atoms with Crippen LogP contribution < -0.4 is 10.0 Å². The van der Waals surface area contributed by atoms with Crippen LogP contribution in [0, 0.1) is 0 Å². The molecule has 2 N–H and O–H groups in total. The summed E-state index contributed by atoms with van der Waals surface area (Å²) in [5.41, 5.74) is 0.665. The number of nitrogens with zero attached hydrogens (tertiary/aromatic N) is 1. The third-order valence-electron chi connectivity index (χ3n) is 4.85. The van der Waals surface area contributed by atoms with Crippen LogP contribution in [0.25, 0.3) is 0 Å². The van der Waals surface area contributed by atoms with E-state index in [0.717, 1.165) is 0 Å². The Bertz CT molecular complexity index is 1070. The highest BCUT2D eigenvalue weighted by Gasteiger charge is 2.24. The maximum Gasteiger partial charge on any atom is 0.409 e. The number of carbonyl (C=O) groups is 2. The topological polar surface area (TPSA) is 105 Å². The quantitative estimate of drug-likeness (QED) is 0.670. The molecular formula is C20H21Cl2N3O5S. The molecule has 0 aliphatic carbocycles. The summed E-state index contributed by atoms with van der Waals surface area (Å²) in [6.45, 7) is 1.01. The van der Waals surface area contributed by atoms with Gasteiger partial charge < -0.3 is 15.0 Å². The molecule has 2 amide bonds. The van der Waals surface area contributed by atoms with Crippen molar-refractivity contribution >= 4 is 50.9 Å². The number of benzene rings is 2. The normalized spacial score (nSPS) is 14.7. The zero-order chi connectivity index (χ0) is 22.6. The highest BCUT2D eigenvalue weighted by molar-refractivity contribution is 7.92. The van der Waals surface area contributed by atoms with Crippen LogP contribution in [-0.4, -0.2) is 51.6 Å². The number of rotatable bonds is 5. The third-order valence-corrected chi connectivity index (χ3v) is 6.94. The molecule has 1 aliphatic heterocycles. The van der Waals surface area contributed by atoms with E-state index >= 15 is 0 Å². The number of ether oxygens (including phenoxy) is 1. The Morgan fingerprint density at radius 3 is 2.32 bits per heavy atom. The number of carbonyl (C=O) groups excluding carboxylic acids is 2. The number of amides is 2. The van der Waals surface area contributed by atoms with E-state index in [2.05, 4.69) is 10.0 Å². The van der Waals surface area contributed by atoms with E-state index in [4.69, 9.17) is 27.9 Å². The number of nitrogens with one attached hydrogen (secondary N) is 2. The number of hydrogen-bond donors (Lipinski definition) is 2. The fourth-order valence-electron chi connectivity index (χ4n) is 3.19. The lowest BCUT2D eigenvalue weighted by molar-refractivity contribution is 0.0892. The van der Waals surface area contributed by atoms with Gasteiger partial charge in [-0.15, -0.1) is 0 Å². The van der Waals surface area contributed by atoms with Gasteiger partial charge in [0.1, 0.15) is 4.90 Å². The lowest BCUT2D eigenvalue weighted by Gasteiger charge is -2.31. The first-order valence-electron chi connectivity index (χ1n) is 9.41. The number of sulfonamides is 1. The molecule has 11 heteroatoms. The van der Waals surface area contributed by atoms with Crippen molar-refractivity contribution in [1.82, 2.24) is 10.2 Å². The molecule has 2 aromatic rings. The first kappa shape index (κ1) is 23.2. The van der Waals surface area contributed by atoms with Crippen molar-refractivity contribution in [3.8, 4) is 0 Å². The van der Waals surface area contributed by atoms with Gasteiger partial charge >= 0.3 is 6.09 Å². The Morgan fingerprint density at radius 1 is 1.06 bits per heavy atom. The zero-order valence-corrected chi connectivity index (χ0v) is 18.9. The van der Waals surface area contributed by atoms with Gasteiger partial charge in [-0.2, -0.15) is 0 Å². The standard InChI is InChI=1S/C20H21Cl2N3O5S/c1-30-20(27)25-10-8-15(9-11-25)23-19(26)13-2-5-16(6-3-13)24-31(28,29)18-12-14(21)4-7-17(18)22/h2-7,12,15,24H,8-11H2,1H3,(H,23,26). The summed E-state index contributed by atoms with van der Waals surface area (Å²) in [5.74, 6) is -0.274. The highest BCUT2D eigenvalue weighted by atomic mass is 35.5. The van der Waals surface area contributed by atoms with E-state index in [9.17, 15) is 18.0 Å². The minimum Gasteiger partial charge on any atom is -0.453 e. The minimum atomic E-state index is -3.95. The second-order valence-electron chi connectivity index (χ2n) is 6.96. The number of methoxy groups -OCH3 is 1. The van der Waals surface area contributed by atoms with Gasteiger partial charge in [0.05, 0.1) is 12.1 Å². The second-order valence-corrected chi connectivity index (χ2v) is 9.46. The summed E-state index contributed by atoms with van der Waals surface area (Å²) in [5, 5.41) is 3.22. The summed E-state index contributed by atoms with van der Waals surface area (Å²) in [6, 6.07) is 10.1. The van der Waals surface area contributed by atoms with E-state index in [1.165, 1.54) is 49.6 Å². The van der Waals surface area contributed by atoms with E-state index in [1.807, 2.05) is 0 Å². The van der Waals surface area contributed by atoms with Crippen molar-refractivity contribution in [2.45, 2.75) is 23.8 Å². The summed E-state index contributed by atoms with van der Waals surface area (Å²) in [6.07, 6.45) is 0.875. The predicted molar refractivity (Wildman–Crippen MR) is 118 cm³/mol. The van der Waals surface area contributed by atoms with Crippen LogP contribution in [0.15, 0.2) is 47.4 Å². The number of likely N-dealkylation sites (tertiary alicyclic amines) is 1. The van der Waals surface area contributed by atoms with Gasteiger partial charge in [-0.3, -0.25) is 9.52 Å². The number of halogens is 2. The molecule has 0 aromatic heterocycles. The predicted octanol–water partition coefficient (Wildman–Crippen LogP) is 3.75. The zero-order valence-electron chi connectivity index (χ0n) is 16.6. The Morgan fingerprint density at radius 2 is 1.71 bits per heavy atom. The lowest BCUT2D eigenvalue weighted by atomic mass is 10.0. The van der Waals surface area contributed by atoms with Crippen LogP contribution >= 0.6 is 23.2 Å². The Labute approximate surface area is 190 Å². The van der Waals surface area contributed by atoms with Crippen molar-refractivity contribution < 1.29 is 22.7 Å². The van der Waals surface area contributed by atoms with Crippen molar-refractivity contribution in [1.29, 1.82) is 0 Å². The molecule has 2 aromatic carbocycles. The van der Waals surface area contributed by atoms with Crippen LogP contribution in [0.2, 0.25) is 10.0 Å². The molecule has 1 aliphatic rings. The van der Waals surface area contributed by atoms with E-state index < -0.39 is 10.0 Å². The fourth-order valence-corrected chi connectivity index (χ4v) is 5.01. The summed E-state index contributed by atoms with van der Waals surface area (Å²) < 4.78 is 32.3. The number of piperidine rings is 1. The van der Waals surface area contributed by atoms with Crippen molar-refractivity contribution in [3.05, 3.63) is 58.1 Å². The Balaban J connectivity index is 1.60. The molecule has 0 bridgehead atoms. The van der Waals surface area contributed by atoms with Gasteiger partial charge in [-0.1, -0.05) is 23.2 Å². The molecule has 1 saturated heterocycles. The molecule has 31 heavy (non-hydrogen) atoms. The van der Waals surface area contributed by atoms with Crippen LogP contribution in [-0.2, 0) is 14.8 Å². The monoisotopic (exact) mass is 485 g/mol. The van der Waals surface area contributed by atoms with E-state index in [-0.39, 0.29) is 38.7 Å². The van der Waals surface area contributed by atoms with E-state index in [0.29, 0.717) is 31.5 Å². The third kappa shape index (κ3) is 5.81. The van der Waals surface area contributed by atoms with Gasteiger partial charge in [0.2, 0.25) is 0 Å². The van der Waals surface area contributed by atoms with Crippen molar-refractivity contribution in [2.75, 3.05) is 24.9 Å². The molecule has 166 valence electrons. The van der Waals surface area contributed by atoms with Crippen LogP contribution in [0.4, 0.5) is 10.5 Å². The highest BCUT2D eigenvalue weighted by Crippen LogP contribution is 2.27. The Kier molecular flexibility index (Phi) is 7.30. The van der Waals surface area contributed by atoms with Gasteiger partial charge in [-0.25, -0.2) is 13.2 Å². The SMILES string of the molecule is COC(=O)N1CCC(NC(=O)c2ccc(NS(=O)(=O)c3cc(Cl)ccc3Cl)cc2)CC1. The van der Waals surface area contributed by atoms with Gasteiger partial charge in [0, 0.05) is 35.4 Å². The molecule has 3 rings (SSSR count). The fraction of sp³-hybridized carbons (Fsp3) is 0.300. The summed E-state index contributed by atoms with van der Waals surface area (Å²) >= 11 is 11.9. The van der Waals surface area contributed by atoms with E-state index in [1.54, 1.807) is 4.90 Å². The number of hydrogen-bond acceptors (Lipinski definition) is 5. The molecule has 0 saturated carbocycles. The molecule has 1 fully saturated rings. The summed E-state index contributed by atoms with van der Waals surface area (Å²) in [7, 11) is -2.61. The van der Waals surface area contributed by atoms with Gasteiger partial charge in [0.15, 0.2) is 0 Å². The maximum absolute atomic E-state index is 12.6. The molecule has 1 heterocycles. The second kappa shape index (κ2) is 9.76. The first-order valence-corrected chi connectivity index (χ1v) is 11.6. The molecule has 0 unspecified atom stereocenters. The molecule has 0 spiro atoms. The average molecular weight is 486 g/mol. The van der Waals surface area contributed by atoms with Crippen molar-refractivity contribution in [2.24, 2.45) is 0 Å². The van der Waals surface area contributed by atoms with Crippen LogP contribution in [0.5, 0.6) is 0 Å². The Hall–Kier alpha value is -2.49. The first-order chi connectivity index (χ1) is 14.7. The smallest absolute Gasteiger partial charge is 0.409 e. The molecular weight excluding hydrogens is 465 g/mol. The molecule has 8 nitrogen and oxygen atoms in total.